The van der Waals surface area contributed by atoms with Gasteiger partial charge in [-0.15, -0.1) is 0 Å². The summed E-state index contributed by atoms with van der Waals surface area (Å²) in [7, 11) is 0. The number of halogens is 2. The molecular weight excluding hydrogens is 376 g/mol. The molecule has 0 spiro atoms. The lowest BCUT2D eigenvalue weighted by Gasteiger charge is -2.42. The highest BCUT2D eigenvalue weighted by Gasteiger charge is 2.37. The van der Waals surface area contributed by atoms with E-state index < -0.39 is 11.6 Å². The van der Waals surface area contributed by atoms with Gasteiger partial charge in [0, 0.05) is 38.1 Å². The Morgan fingerprint density at radius 3 is 2.41 bits per heavy atom. The van der Waals surface area contributed by atoms with Crippen molar-refractivity contribution in [2.45, 2.75) is 51.1 Å². The van der Waals surface area contributed by atoms with Gasteiger partial charge in [-0.1, -0.05) is 6.07 Å². The monoisotopic (exact) mass is 405 g/mol. The highest BCUT2D eigenvalue weighted by Crippen LogP contribution is 2.32. The summed E-state index contributed by atoms with van der Waals surface area (Å²) in [5, 5.41) is 2.87. The van der Waals surface area contributed by atoms with Gasteiger partial charge in [0.25, 0.3) is 0 Å². The minimum absolute atomic E-state index is 0.0271. The van der Waals surface area contributed by atoms with Crippen molar-refractivity contribution >= 4 is 11.8 Å². The van der Waals surface area contributed by atoms with Gasteiger partial charge in [-0.05, 0) is 62.8 Å². The van der Waals surface area contributed by atoms with Crippen LogP contribution in [0.1, 0.15) is 44.1 Å². The van der Waals surface area contributed by atoms with Crippen molar-refractivity contribution in [2.24, 2.45) is 11.8 Å². The highest BCUT2D eigenvalue weighted by atomic mass is 19.2. The Morgan fingerprint density at radius 2 is 1.72 bits per heavy atom. The van der Waals surface area contributed by atoms with Crippen LogP contribution in [0.3, 0.4) is 0 Å². The number of benzene rings is 1. The minimum Gasteiger partial charge on any atom is -0.352 e. The number of nitrogens with zero attached hydrogens (tertiary/aromatic N) is 2. The lowest BCUT2D eigenvalue weighted by atomic mass is 9.93. The molecule has 0 radical (unpaired) electrons. The van der Waals surface area contributed by atoms with E-state index in [1.807, 2.05) is 4.90 Å². The maximum Gasteiger partial charge on any atom is 0.225 e. The van der Waals surface area contributed by atoms with Crippen molar-refractivity contribution in [3.63, 3.8) is 0 Å². The van der Waals surface area contributed by atoms with E-state index in [-0.39, 0.29) is 24.3 Å². The molecule has 5 nitrogen and oxygen atoms in total. The summed E-state index contributed by atoms with van der Waals surface area (Å²) < 4.78 is 26.4. The molecule has 158 valence electrons. The van der Waals surface area contributed by atoms with E-state index in [1.54, 1.807) is 0 Å². The third-order valence-corrected chi connectivity index (χ3v) is 6.49. The zero-order valence-corrected chi connectivity index (χ0v) is 16.7. The molecule has 1 aliphatic carbocycles. The summed E-state index contributed by atoms with van der Waals surface area (Å²) in [6, 6.07) is 4.13. The van der Waals surface area contributed by atoms with E-state index in [4.69, 9.17) is 0 Å². The molecule has 2 aliphatic heterocycles. The number of nitrogens with one attached hydrogen (secondary N) is 1. The van der Waals surface area contributed by atoms with E-state index >= 15 is 0 Å². The lowest BCUT2D eigenvalue weighted by Crippen LogP contribution is -2.51. The number of hydrogen-bond donors (Lipinski definition) is 1. The Kier molecular flexibility index (Phi) is 6.13. The fraction of sp³-hybridized carbons (Fsp3) is 0.636. The predicted octanol–water partition coefficient (Wildman–Crippen LogP) is 2.69. The second-order valence-corrected chi connectivity index (χ2v) is 8.63. The maximum atomic E-state index is 13.3. The smallest absolute Gasteiger partial charge is 0.225 e. The first-order valence-electron chi connectivity index (χ1n) is 10.8. The van der Waals surface area contributed by atoms with Crippen LogP contribution >= 0.6 is 0 Å². The van der Waals surface area contributed by atoms with Crippen molar-refractivity contribution < 1.29 is 18.4 Å². The molecule has 0 aromatic heterocycles. The second-order valence-electron chi connectivity index (χ2n) is 8.63. The quantitative estimate of drug-likeness (QED) is 0.820. The molecule has 0 unspecified atom stereocenters. The van der Waals surface area contributed by atoms with Gasteiger partial charge in [-0.2, -0.15) is 0 Å². The van der Waals surface area contributed by atoms with Crippen LogP contribution in [0.2, 0.25) is 0 Å². The average Bonchev–Trinajstić information content (AvgIpc) is 3.59. The number of carbonyl (C=O) groups excluding carboxylic acids is 2. The Labute approximate surface area is 170 Å². The van der Waals surface area contributed by atoms with Crippen LogP contribution in [0.15, 0.2) is 18.2 Å². The van der Waals surface area contributed by atoms with Crippen LogP contribution in [-0.4, -0.2) is 53.8 Å². The van der Waals surface area contributed by atoms with Crippen molar-refractivity contribution in [3.05, 3.63) is 35.4 Å². The van der Waals surface area contributed by atoms with E-state index in [1.165, 1.54) is 6.07 Å². The number of hydrogen-bond acceptors (Lipinski definition) is 3. The topological polar surface area (TPSA) is 52.7 Å². The van der Waals surface area contributed by atoms with Crippen LogP contribution < -0.4 is 5.32 Å². The van der Waals surface area contributed by atoms with Gasteiger partial charge in [0.2, 0.25) is 11.8 Å². The van der Waals surface area contributed by atoms with E-state index in [2.05, 4.69) is 10.2 Å². The lowest BCUT2D eigenvalue weighted by molar-refractivity contribution is -0.134. The third-order valence-electron chi connectivity index (χ3n) is 6.49. The zero-order valence-electron chi connectivity index (χ0n) is 16.7. The first-order valence-corrected chi connectivity index (χ1v) is 10.8. The Hall–Kier alpha value is -2.02. The molecule has 7 heteroatoms. The molecule has 2 heterocycles. The minimum atomic E-state index is -0.896. The standard InChI is InChI=1S/C22H29F2N3O2/c23-19-6-3-15(12-20(19)24)13-25-21(28)17-2-1-9-27(14-17)18-7-10-26(11-8-18)22(29)16-4-5-16/h3,6,12,16-18H,1-2,4-5,7-11,13-14H2,(H,25,28)/t17-/m0/s1. The summed E-state index contributed by atoms with van der Waals surface area (Å²) in [5.41, 5.74) is 0.553. The molecule has 0 bridgehead atoms. The molecule has 1 saturated carbocycles. The van der Waals surface area contributed by atoms with E-state index in [0.717, 1.165) is 76.8 Å². The molecule has 3 aliphatic rings. The molecule has 1 aromatic rings. The molecule has 3 fully saturated rings. The summed E-state index contributed by atoms with van der Waals surface area (Å²) in [4.78, 5) is 29.3. The van der Waals surface area contributed by atoms with Gasteiger partial charge >= 0.3 is 0 Å². The largest absolute Gasteiger partial charge is 0.352 e. The van der Waals surface area contributed by atoms with Crippen molar-refractivity contribution in [1.82, 2.24) is 15.1 Å². The van der Waals surface area contributed by atoms with Gasteiger partial charge in [0.15, 0.2) is 11.6 Å². The average molecular weight is 405 g/mol. The number of amides is 2. The number of rotatable bonds is 5. The fourth-order valence-corrected chi connectivity index (χ4v) is 4.58. The highest BCUT2D eigenvalue weighted by molar-refractivity contribution is 5.81. The van der Waals surface area contributed by atoms with Crippen LogP contribution in [-0.2, 0) is 16.1 Å². The van der Waals surface area contributed by atoms with Crippen LogP contribution in [0, 0.1) is 23.5 Å². The molecular formula is C22H29F2N3O2. The summed E-state index contributed by atoms with van der Waals surface area (Å²) in [5.74, 6) is -1.28. The van der Waals surface area contributed by atoms with Crippen molar-refractivity contribution in [2.75, 3.05) is 26.2 Å². The van der Waals surface area contributed by atoms with Gasteiger partial charge in [-0.3, -0.25) is 14.5 Å². The van der Waals surface area contributed by atoms with Crippen LogP contribution in [0.4, 0.5) is 8.78 Å². The zero-order chi connectivity index (χ0) is 20.4. The van der Waals surface area contributed by atoms with E-state index in [0.29, 0.717) is 17.5 Å². The van der Waals surface area contributed by atoms with Gasteiger partial charge in [0.05, 0.1) is 5.92 Å². The molecule has 1 atom stereocenters. The number of likely N-dealkylation sites (tertiary alicyclic amines) is 2. The van der Waals surface area contributed by atoms with Crippen LogP contribution in [0.25, 0.3) is 0 Å². The molecule has 29 heavy (non-hydrogen) atoms. The maximum absolute atomic E-state index is 13.3. The van der Waals surface area contributed by atoms with Gasteiger partial charge < -0.3 is 10.2 Å². The van der Waals surface area contributed by atoms with Crippen molar-refractivity contribution in [1.29, 1.82) is 0 Å². The molecule has 1 aromatic carbocycles. The molecule has 2 amide bonds. The first kappa shape index (κ1) is 20.3. The summed E-state index contributed by atoms with van der Waals surface area (Å²) in [6.07, 6.45) is 5.87. The normalized spacial score (nSPS) is 23.8. The third kappa shape index (κ3) is 4.94. The Bertz CT molecular complexity index is 760. The van der Waals surface area contributed by atoms with Crippen molar-refractivity contribution in [3.8, 4) is 0 Å². The SMILES string of the molecule is O=C(NCc1ccc(F)c(F)c1)[C@H]1CCCN(C2CCN(C(=O)C3CC3)CC2)C1. The summed E-state index contributed by atoms with van der Waals surface area (Å²) >= 11 is 0. The number of piperidine rings is 2. The van der Waals surface area contributed by atoms with Gasteiger partial charge in [0.1, 0.15) is 0 Å². The van der Waals surface area contributed by atoms with Gasteiger partial charge in [-0.25, -0.2) is 8.78 Å². The molecule has 2 saturated heterocycles. The van der Waals surface area contributed by atoms with E-state index in [9.17, 15) is 18.4 Å². The molecule has 1 N–H and O–H groups in total. The molecule has 4 rings (SSSR count). The Balaban J connectivity index is 1.25. The first-order chi connectivity index (χ1) is 14.0. The predicted molar refractivity (Wildman–Crippen MR) is 105 cm³/mol. The van der Waals surface area contributed by atoms with Crippen LogP contribution in [0.5, 0.6) is 0 Å². The fourth-order valence-electron chi connectivity index (χ4n) is 4.58. The number of carbonyl (C=O) groups is 2. The second kappa shape index (κ2) is 8.78. The Morgan fingerprint density at radius 1 is 0.966 bits per heavy atom. The summed E-state index contributed by atoms with van der Waals surface area (Å²) in [6.45, 7) is 3.57.